The number of anilines is 1. The van der Waals surface area contributed by atoms with Crippen LogP contribution < -0.4 is 10.6 Å². The fourth-order valence-corrected chi connectivity index (χ4v) is 1.68. The van der Waals surface area contributed by atoms with Crippen molar-refractivity contribution in [2.24, 2.45) is 0 Å². The van der Waals surface area contributed by atoms with Gasteiger partial charge in [-0.05, 0) is 31.5 Å². The number of aromatic nitrogens is 1. The number of urea groups is 1. The Kier molecular flexibility index (Phi) is 2.95. The van der Waals surface area contributed by atoms with Crippen LogP contribution in [0.25, 0.3) is 10.9 Å². The van der Waals surface area contributed by atoms with Crippen LogP contribution in [0.5, 0.6) is 0 Å². The van der Waals surface area contributed by atoms with Crippen molar-refractivity contribution in [2.75, 3.05) is 12.4 Å². The first-order chi connectivity index (χ1) is 8.10. The lowest BCUT2D eigenvalue weighted by Crippen LogP contribution is -2.25. The predicted molar refractivity (Wildman–Crippen MR) is 69.3 cm³/mol. The van der Waals surface area contributed by atoms with Crippen LogP contribution in [0.3, 0.4) is 0 Å². The number of benzene rings is 1. The van der Waals surface area contributed by atoms with Crippen LogP contribution >= 0.6 is 0 Å². The predicted octanol–water partition coefficient (Wildman–Crippen LogP) is 2.60. The molecule has 0 bridgehead atoms. The first kappa shape index (κ1) is 11.4. The van der Waals surface area contributed by atoms with E-state index in [0.717, 1.165) is 22.3 Å². The van der Waals surface area contributed by atoms with E-state index in [9.17, 15) is 4.79 Å². The molecule has 0 radical (unpaired) electrons. The summed E-state index contributed by atoms with van der Waals surface area (Å²) in [6.07, 6.45) is 0. The number of pyridine rings is 1. The first-order valence-corrected chi connectivity index (χ1v) is 5.47. The van der Waals surface area contributed by atoms with Gasteiger partial charge in [-0.3, -0.25) is 4.98 Å². The zero-order valence-electron chi connectivity index (χ0n) is 10.2. The molecule has 0 unspecified atom stereocenters. The number of nitrogens with zero attached hydrogens (tertiary/aromatic N) is 1. The van der Waals surface area contributed by atoms with E-state index >= 15 is 0 Å². The normalized spacial score (nSPS) is 10.3. The molecule has 0 spiro atoms. The molecule has 88 valence electrons. The number of carbonyl (C=O) groups is 1. The molecular formula is C13H15N3O. The molecule has 0 aliphatic carbocycles. The van der Waals surface area contributed by atoms with E-state index in [-0.39, 0.29) is 6.03 Å². The molecule has 1 aromatic heterocycles. The minimum atomic E-state index is -0.235. The van der Waals surface area contributed by atoms with Crippen molar-refractivity contribution < 1.29 is 4.79 Å². The smallest absolute Gasteiger partial charge is 0.319 e. The Labute approximate surface area is 100 Å². The molecular weight excluding hydrogens is 214 g/mol. The maximum absolute atomic E-state index is 11.3. The number of fused-ring (bicyclic) bond motifs is 1. The molecule has 2 aromatic rings. The van der Waals surface area contributed by atoms with Crippen LogP contribution in [0.2, 0.25) is 0 Å². The Bertz CT molecular complexity index is 578. The standard InChI is InChI=1S/C13H15N3O/c1-8-4-5-10-7-11(16-13(17)14-3)9(2)15-12(10)6-8/h4-7H,1-3H3,(H2,14,16,17). The van der Waals surface area contributed by atoms with Gasteiger partial charge >= 0.3 is 6.03 Å². The van der Waals surface area contributed by atoms with E-state index in [1.54, 1.807) is 7.05 Å². The van der Waals surface area contributed by atoms with Gasteiger partial charge in [-0.15, -0.1) is 0 Å². The van der Waals surface area contributed by atoms with Gasteiger partial charge in [0.1, 0.15) is 0 Å². The average Bonchev–Trinajstić information content (AvgIpc) is 2.30. The van der Waals surface area contributed by atoms with Crippen LogP contribution in [0.1, 0.15) is 11.3 Å². The SMILES string of the molecule is CNC(=O)Nc1cc2ccc(C)cc2nc1C. The van der Waals surface area contributed by atoms with Gasteiger partial charge in [-0.2, -0.15) is 0 Å². The Morgan fingerprint density at radius 2 is 2.00 bits per heavy atom. The van der Waals surface area contributed by atoms with Gasteiger partial charge in [0.25, 0.3) is 0 Å². The summed E-state index contributed by atoms with van der Waals surface area (Å²) >= 11 is 0. The second-order valence-corrected chi connectivity index (χ2v) is 4.02. The second kappa shape index (κ2) is 4.41. The summed E-state index contributed by atoms with van der Waals surface area (Å²) in [5.41, 5.74) is 3.67. The van der Waals surface area contributed by atoms with Gasteiger partial charge in [0.15, 0.2) is 0 Å². The number of aryl methyl sites for hydroxylation is 2. The number of nitrogens with one attached hydrogen (secondary N) is 2. The van der Waals surface area contributed by atoms with E-state index < -0.39 is 0 Å². The molecule has 0 aliphatic rings. The Hall–Kier alpha value is -2.10. The summed E-state index contributed by atoms with van der Waals surface area (Å²) in [6.45, 7) is 3.92. The molecule has 0 aliphatic heterocycles. The van der Waals surface area contributed by atoms with Crippen LogP contribution in [-0.2, 0) is 0 Å². The molecule has 0 saturated heterocycles. The molecule has 0 fully saturated rings. The van der Waals surface area contributed by atoms with Crippen molar-refractivity contribution >= 4 is 22.6 Å². The molecule has 17 heavy (non-hydrogen) atoms. The van der Waals surface area contributed by atoms with Gasteiger partial charge < -0.3 is 10.6 Å². The third-order valence-electron chi connectivity index (χ3n) is 2.64. The molecule has 4 heteroatoms. The van der Waals surface area contributed by atoms with Crippen LogP contribution in [0, 0.1) is 13.8 Å². The van der Waals surface area contributed by atoms with Gasteiger partial charge in [0.2, 0.25) is 0 Å². The maximum Gasteiger partial charge on any atom is 0.319 e. The number of rotatable bonds is 1. The Morgan fingerprint density at radius 1 is 1.24 bits per heavy atom. The molecule has 2 N–H and O–H groups in total. The number of amides is 2. The van der Waals surface area contributed by atoms with Crippen LogP contribution in [0.4, 0.5) is 10.5 Å². The summed E-state index contributed by atoms with van der Waals surface area (Å²) in [5, 5.41) is 6.30. The van der Waals surface area contributed by atoms with E-state index in [0.29, 0.717) is 0 Å². The van der Waals surface area contributed by atoms with Crippen molar-refractivity contribution in [1.29, 1.82) is 0 Å². The number of hydrogen-bond donors (Lipinski definition) is 2. The van der Waals surface area contributed by atoms with Crippen molar-refractivity contribution in [2.45, 2.75) is 13.8 Å². The average molecular weight is 229 g/mol. The molecule has 0 atom stereocenters. The highest BCUT2D eigenvalue weighted by molar-refractivity contribution is 5.93. The van der Waals surface area contributed by atoms with Crippen molar-refractivity contribution in [1.82, 2.24) is 10.3 Å². The summed E-state index contributed by atoms with van der Waals surface area (Å²) in [6, 6.07) is 7.77. The first-order valence-electron chi connectivity index (χ1n) is 5.47. The molecule has 4 nitrogen and oxygen atoms in total. The monoisotopic (exact) mass is 229 g/mol. The molecule has 1 aromatic carbocycles. The van der Waals surface area contributed by atoms with Crippen molar-refractivity contribution in [3.63, 3.8) is 0 Å². The Balaban J connectivity index is 2.48. The third kappa shape index (κ3) is 2.36. The fourth-order valence-electron chi connectivity index (χ4n) is 1.68. The minimum absolute atomic E-state index is 0.235. The van der Waals surface area contributed by atoms with Crippen LogP contribution in [-0.4, -0.2) is 18.1 Å². The molecule has 2 rings (SSSR count). The largest absolute Gasteiger partial charge is 0.341 e. The Morgan fingerprint density at radius 3 is 2.71 bits per heavy atom. The molecule has 1 heterocycles. The topological polar surface area (TPSA) is 54.0 Å². The highest BCUT2D eigenvalue weighted by Gasteiger charge is 2.05. The summed E-state index contributed by atoms with van der Waals surface area (Å²) < 4.78 is 0. The van der Waals surface area contributed by atoms with E-state index in [2.05, 4.69) is 15.6 Å². The molecule has 2 amide bonds. The minimum Gasteiger partial charge on any atom is -0.341 e. The van der Waals surface area contributed by atoms with Gasteiger partial charge in [-0.1, -0.05) is 12.1 Å². The van der Waals surface area contributed by atoms with Crippen LogP contribution in [0.15, 0.2) is 24.3 Å². The summed E-state index contributed by atoms with van der Waals surface area (Å²) in [4.78, 5) is 15.8. The zero-order chi connectivity index (χ0) is 12.4. The van der Waals surface area contributed by atoms with Gasteiger partial charge in [0.05, 0.1) is 16.9 Å². The highest BCUT2D eigenvalue weighted by atomic mass is 16.2. The van der Waals surface area contributed by atoms with E-state index in [1.165, 1.54) is 5.56 Å². The lowest BCUT2D eigenvalue weighted by atomic mass is 10.1. The van der Waals surface area contributed by atoms with Gasteiger partial charge in [-0.25, -0.2) is 4.79 Å². The van der Waals surface area contributed by atoms with Gasteiger partial charge in [0, 0.05) is 12.4 Å². The lowest BCUT2D eigenvalue weighted by molar-refractivity contribution is 0.254. The summed E-state index contributed by atoms with van der Waals surface area (Å²) in [7, 11) is 1.59. The second-order valence-electron chi connectivity index (χ2n) is 4.02. The van der Waals surface area contributed by atoms with E-state index in [4.69, 9.17) is 0 Å². The molecule has 0 saturated carbocycles. The summed E-state index contributed by atoms with van der Waals surface area (Å²) in [5.74, 6) is 0. The number of hydrogen-bond acceptors (Lipinski definition) is 2. The number of carbonyl (C=O) groups excluding carboxylic acids is 1. The maximum atomic E-state index is 11.3. The highest BCUT2D eigenvalue weighted by Crippen LogP contribution is 2.21. The van der Waals surface area contributed by atoms with Crippen molar-refractivity contribution in [3.05, 3.63) is 35.5 Å². The van der Waals surface area contributed by atoms with Crippen molar-refractivity contribution in [3.8, 4) is 0 Å². The lowest BCUT2D eigenvalue weighted by Gasteiger charge is -2.09. The van der Waals surface area contributed by atoms with E-state index in [1.807, 2.05) is 38.1 Å². The quantitative estimate of drug-likeness (QED) is 0.789. The fraction of sp³-hybridized carbons (Fsp3) is 0.231. The zero-order valence-corrected chi connectivity index (χ0v) is 10.2. The third-order valence-corrected chi connectivity index (χ3v) is 2.64.